The van der Waals surface area contributed by atoms with Crippen molar-refractivity contribution in [2.45, 2.75) is 18.5 Å². The monoisotopic (exact) mass is 224 g/mol. The molecule has 0 radical (unpaired) electrons. The number of amides is 1. The largest absolute Gasteiger partial charge is 0.480 e. The van der Waals surface area contributed by atoms with Gasteiger partial charge >= 0.3 is 5.97 Å². The minimum Gasteiger partial charge on any atom is -0.480 e. The summed E-state index contributed by atoms with van der Waals surface area (Å²) in [4.78, 5) is 24.1. The second-order valence-electron chi connectivity index (χ2n) is 3.78. The van der Waals surface area contributed by atoms with Crippen LogP contribution < -0.4 is 5.73 Å². The van der Waals surface area contributed by atoms with Crippen molar-refractivity contribution < 1.29 is 19.1 Å². The second-order valence-corrected chi connectivity index (χ2v) is 3.78. The van der Waals surface area contributed by atoms with Gasteiger partial charge < -0.3 is 20.2 Å². The molecular formula is C10H12N2O4. The Morgan fingerprint density at radius 2 is 2.31 bits per heavy atom. The van der Waals surface area contributed by atoms with E-state index in [1.54, 1.807) is 6.07 Å². The van der Waals surface area contributed by atoms with Gasteiger partial charge in [-0.05, 0) is 18.6 Å². The van der Waals surface area contributed by atoms with E-state index in [2.05, 4.69) is 0 Å². The molecule has 6 nitrogen and oxygen atoms in total. The summed E-state index contributed by atoms with van der Waals surface area (Å²) in [7, 11) is 0. The molecule has 6 heteroatoms. The van der Waals surface area contributed by atoms with Crippen molar-refractivity contribution in [2.75, 3.05) is 6.54 Å². The molecule has 0 spiro atoms. The van der Waals surface area contributed by atoms with Crippen LogP contribution in [0, 0.1) is 0 Å². The normalized spacial score (nSPS) is 24.7. The first kappa shape index (κ1) is 10.7. The predicted octanol–water partition coefficient (Wildman–Crippen LogP) is -0.0940. The van der Waals surface area contributed by atoms with Gasteiger partial charge in [-0.15, -0.1) is 0 Å². The fraction of sp³-hybridized carbons (Fsp3) is 0.400. The topological polar surface area (TPSA) is 96.8 Å². The van der Waals surface area contributed by atoms with Crippen LogP contribution in [0.5, 0.6) is 0 Å². The highest BCUT2D eigenvalue weighted by molar-refractivity contribution is 5.94. The van der Waals surface area contributed by atoms with Gasteiger partial charge in [0.15, 0.2) is 5.76 Å². The lowest BCUT2D eigenvalue weighted by atomic mass is 10.2. The van der Waals surface area contributed by atoms with Crippen molar-refractivity contribution in [3.8, 4) is 0 Å². The van der Waals surface area contributed by atoms with Gasteiger partial charge in [0, 0.05) is 12.6 Å². The second kappa shape index (κ2) is 3.97. The van der Waals surface area contributed by atoms with Crippen molar-refractivity contribution in [1.82, 2.24) is 4.90 Å². The fourth-order valence-corrected chi connectivity index (χ4v) is 1.87. The number of rotatable bonds is 2. The maximum Gasteiger partial charge on any atom is 0.326 e. The number of hydrogen-bond acceptors (Lipinski definition) is 4. The fourth-order valence-electron chi connectivity index (χ4n) is 1.87. The van der Waals surface area contributed by atoms with Crippen LogP contribution in [0.2, 0.25) is 0 Å². The Labute approximate surface area is 91.6 Å². The third-order valence-electron chi connectivity index (χ3n) is 2.61. The molecule has 2 heterocycles. The van der Waals surface area contributed by atoms with Gasteiger partial charge in [-0.1, -0.05) is 0 Å². The SMILES string of the molecule is NC1CC(C(=O)O)N(C(=O)c2ccco2)C1. The van der Waals surface area contributed by atoms with E-state index in [4.69, 9.17) is 15.3 Å². The summed E-state index contributed by atoms with van der Waals surface area (Å²) >= 11 is 0. The highest BCUT2D eigenvalue weighted by Gasteiger charge is 2.39. The van der Waals surface area contributed by atoms with E-state index in [0.29, 0.717) is 0 Å². The van der Waals surface area contributed by atoms with Crippen molar-refractivity contribution >= 4 is 11.9 Å². The van der Waals surface area contributed by atoms with Gasteiger partial charge in [0.2, 0.25) is 0 Å². The molecule has 1 aliphatic rings. The number of carboxylic acid groups (broad SMARTS) is 1. The van der Waals surface area contributed by atoms with Gasteiger partial charge in [-0.2, -0.15) is 0 Å². The maximum absolute atomic E-state index is 11.9. The molecular weight excluding hydrogens is 212 g/mol. The molecule has 1 aromatic heterocycles. The molecule has 2 rings (SSSR count). The molecule has 1 aromatic rings. The van der Waals surface area contributed by atoms with Gasteiger partial charge in [0.1, 0.15) is 6.04 Å². The first-order valence-electron chi connectivity index (χ1n) is 4.92. The number of hydrogen-bond donors (Lipinski definition) is 2. The van der Waals surface area contributed by atoms with E-state index < -0.39 is 17.9 Å². The summed E-state index contributed by atoms with van der Waals surface area (Å²) in [6.07, 6.45) is 1.65. The van der Waals surface area contributed by atoms with Gasteiger partial charge in [-0.25, -0.2) is 4.79 Å². The summed E-state index contributed by atoms with van der Waals surface area (Å²) in [5.74, 6) is -1.32. The predicted molar refractivity (Wildman–Crippen MR) is 53.8 cm³/mol. The first-order valence-corrected chi connectivity index (χ1v) is 4.92. The number of carbonyl (C=O) groups excluding carboxylic acids is 1. The Morgan fingerprint density at radius 3 is 2.88 bits per heavy atom. The zero-order valence-electron chi connectivity index (χ0n) is 8.50. The molecule has 0 aromatic carbocycles. The van der Waals surface area contributed by atoms with Gasteiger partial charge in [-0.3, -0.25) is 4.79 Å². The van der Waals surface area contributed by atoms with E-state index >= 15 is 0 Å². The lowest BCUT2D eigenvalue weighted by molar-refractivity contribution is -0.141. The summed E-state index contributed by atoms with van der Waals surface area (Å²) in [6, 6.07) is 1.94. The van der Waals surface area contributed by atoms with Crippen LogP contribution in [0.4, 0.5) is 0 Å². The number of nitrogens with two attached hydrogens (primary N) is 1. The first-order chi connectivity index (χ1) is 7.59. The summed E-state index contributed by atoms with van der Waals surface area (Å²) < 4.78 is 4.95. The van der Waals surface area contributed by atoms with E-state index in [9.17, 15) is 9.59 Å². The molecule has 86 valence electrons. The standard InChI is InChI=1S/C10H12N2O4/c11-6-4-7(10(14)15)12(5-6)9(13)8-2-1-3-16-8/h1-3,6-7H,4-5,11H2,(H,14,15). The maximum atomic E-state index is 11.9. The van der Waals surface area contributed by atoms with E-state index in [1.807, 2.05) is 0 Å². The number of carbonyl (C=O) groups is 2. The molecule has 0 saturated carbocycles. The van der Waals surface area contributed by atoms with Crippen molar-refractivity contribution in [2.24, 2.45) is 5.73 Å². The highest BCUT2D eigenvalue weighted by Crippen LogP contribution is 2.19. The summed E-state index contributed by atoms with van der Waals surface area (Å²) in [6.45, 7) is 0.247. The minimum atomic E-state index is -1.03. The zero-order chi connectivity index (χ0) is 11.7. The third-order valence-corrected chi connectivity index (χ3v) is 2.61. The molecule has 2 unspecified atom stereocenters. The highest BCUT2D eigenvalue weighted by atomic mass is 16.4. The van der Waals surface area contributed by atoms with Crippen LogP contribution in [0.3, 0.4) is 0 Å². The third kappa shape index (κ3) is 1.79. The van der Waals surface area contributed by atoms with E-state index in [-0.39, 0.29) is 24.8 Å². The molecule has 1 fully saturated rings. The Morgan fingerprint density at radius 1 is 1.56 bits per heavy atom. The lowest BCUT2D eigenvalue weighted by Gasteiger charge is -2.19. The van der Waals surface area contributed by atoms with Crippen LogP contribution in [0.1, 0.15) is 17.0 Å². The molecule has 1 saturated heterocycles. The van der Waals surface area contributed by atoms with Crippen molar-refractivity contribution in [1.29, 1.82) is 0 Å². The van der Waals surface area contributed by atoms with Crippen LogP contribution in [-0.4, -0.2) is 40.5 Å². The number of furan rings is 1. The van der Waals surface area contributed by atoms with Crippen molar-refractivity contribution in [3.05, 3.63) is 24.2 Å². The zero-order valence-corrected chi connectivity index (χ0v) is 8.50. The molecule has 2 atom stereocenters. The Balaban J connectivity index is 2.20. The van der Waals surface area contributed by atoms with Crippen LogP contribution in [0.25, 0.3) is 0 Å². The lowest BCUT2D eigenvalue weighted by Crippen LogP contribution is -2.40. The average molecular weight is 224 g/mol. The quantitative estimate of drug-likeness (QED) is 0.731. The van der Waals surface area contributed by atoms with Crippen molar-refractivity contribution in [3.63, 3.8) is 0 Å². The Hall–Kier alpha value is -1.82. The van der Waals surface area contributed by atoms with E-state index in [0.717, 1.165) is 0 Å². The number of nitrogens with zero attached hydrogens (tertiary/aromatic N) is 1. The Bertz CT molecular complexity index is 401. The molecule has 0 aliphatic carbocycles. The number of carboxylic acids is 1. The van der Waals surface area contributed by atoms with Crippen LogP contribution in [0.15, 0.2) is 22.8 Å². The summed E-state index contributed by atoms with van der Waals surface area (Å²) in [5, 5.41) is 8.97. The van der Waals surface area contributed by atoms with E-state index in [1.165, 1.54) is 17.2 Å². The molecule has 3 N–H and O–H groups in total. The molecule has 0 bridgehead atoms. The van der Waals surface area contributed by atoms with Gasteiger partial charge in [0.25, 0.3) is 5.91 Å². The van der Waals surface area contributed by atoms with Crippen LogP contribution in [-0.2, 0) is 4.79 Å². The molecule has 1 aliphatic heterocycles. The number of aliphatic carboxylic acids is 1. The average Bonchev–Trinajstić information content (AvgIpc) is 2.84. The Kier molecular flexibility index (Phi) is 2.66. The molecule has 16 heavy (non-hydrogen) atoms. The van der Waals surface area contributed by atoms with Gasteiger partial charge in [0.05, 0.1) is 6.26 Å². The summed E-state index contributed by atoms with van der Waals surface area (Å²) in [5.41, 5.74) is 5.66. The smallest absolute Gasteiger partial charge is 0.326 e. The number of likely N-dealkylation sites (tertiary alicyclic amines) is 1. The minimum absolute atomic E-state index is 0.139. The molecule has 1 amide bonds. The van der Waals surface area contributed by atoms with Crippen LogP contribution >= 0.6 is 0 Å².